The number of anilines is 1. The lowest BCUT2D eigenvalue weighted by Crippen LogP contribution is -2.22. The summed E-state index contributed by atoms with van der Waals surface area (Å²) in [4.78, 5) is 4.66. The van der Waals surface area contributed by atoms with Crippen LogP contribution in [0.3, 0.4) is 0 Å². The van der Waals surface area contributed by atoms with Crippen molar-refractivity contribution in [1.82, 2.24) is 0 Å². The molecule has 0 aromatic heterocycles. The summed E-state index contributed by atoms with van der Waals surface area (Å²) in [6.07, 6.45) is 0.912. The normalized spacial score (nSPS) is 27.4. The molecule has 2 heterocycles. The summed E-state index contributed by atoms with van der Waals surface area (Å²) in [5.74, 6) is 0. The lowest BCUT2D eigenvalue weighted by Gasteiger charge is -2.23. The number of aliphatic imine (C=N–C) groups is 1. The van der Waals surface area contributed by atoms with Crippen LogP contribution in [0.4, 0.5) is 5.69 Å². The molecule has 0 bridgehead atoms. The average Bonchev–Trinajstić information content (AvgIpc) is 2.91. The van der Waals surface area contributed by atoms with Gasteiger partial charge in [0.25, 0.3) is 0 Å². The quantitative estimate of drug-likeness (QED) is 0.907. The number of amidine groups is 1. The Hall–Kier alpha value is -1.04. The predicted octanol–water partition coefficient (Wildman–Crippen LogP) is 3.41. The van der Waals surface area contributed by atoms with Gasteiger partial charge in [-0.05, 0) is 25.5 Å². The molecule has 0 amide bonds. The highest BCUT2D eigenvalue weighted by Crippen LogP contribution is 2.28. The molecule has 0 radical (unpaired) electrons. The van der Waals surface area contributed by atoms with Crippen molar-refractivity contribution in [3.05, 3.63) is 29.8 Å². The third kappa shape index (κ3) is 3.34. The highest BCUT2D eigenvalue weighted by molar-refractivity contribution is 8.14. The molecule has 4 nitrogen and oxygen atoms in total. The molecule has 1 aromatic rings. The molecule has 108 valence electrons. The molecule has 0 aliphatic carbocycles. The van der Waals surface area contributed by atoms with Gasteiger partial charge in [0.1, 0.15) is 0 Å². The van der Waals surface area contributed by atoms with Crippen molar-refractivity contribution in [2.24, 2.45) is 4.99 Å². The van der Waals surface area contributed by atoms with E-state index in [9.17, 15) is 0 Å². The molecule has 0 spiro atoms. The van der Waals surface area contributed by atoms with Crippen LogP contribution >= 0.6 is 11.8 Å². The molecular formula is C15H20N2O2S. The summed E-state index contributed by atoms with van der Waals surface area (Å²) in [5, 5.41) is 5.02. The largest absolute Gasteiger partial charge is 0.346 e. The molecule has 20 heavy (non-hydrogen) atoms. The van der Waals surface area contributed by atoms with E-state index in [1.807, 2.05) is 18.2 Å². The van der Waals surface area contributed by atoms with E-state index in [2.05, 4.69) is 30.2 Å². The Labute approximate surface area is 123 Å². The minimum atomic E-state index is -0.226. The highest BCUT2D eigenvalue weighted by atomic mass is 32.2. The second kappa shape index (κ2) is 6.16. The Bertz CT molecular complexity index is 500. The van der Waals surface area contributed by atoms with Gasteiger partial charge in [-0.15, -0.1) is 0 Å². The van der Waals surface area contributed by atoms with Gasteiger partial charge < -0.3 is 14.8 Å². The zero-order valence-electron chi connectivity index (χ0n) is 11.8. The molecule has 5 heteroatoms. The highest BCUT2D eigenvalue weighted by Gasteiger charge is 2.20. The lowest BCUT2D eigenvalue weighted by molar-refractivity contribution is -0.0440. The molecule has 2 unspecified atom stereocenters. The summed E-state index contributed by atoms with van der Waals surface area (Å²) in [6, 6.07) is 8.55. The van der Waals surface area contributed by atoms with E-state index >= 15 is 0 Å². The summed E-state index contributed by atoms with van der Waals surface area (Å²) in [7, 11) is 0. The van der Waals surface area contributed by atoms with Gasteiger partial charge in [0.05, 0.1) is 19.3 Å². The fourth-order valence-electron chi connectivity index (χ4n) is 2.50. The Morgan fingerprint density at radius 2 is 2.05 bits per heavy atom. The van der Waals surface area contributed by atoms with Gasteiger partial charge in [0.2, 0.25) is 0 Å². The first-order valence-electron chi connectivity index (χ1n) is 7.05. The summed E-state index contributed by atoms with van der Waals surface area (Å²) >= 11 is 1.80. The number of ether oxygens (including phenoxy) is 2. The van der Waals surface area contributed by atoms with Gasteiger partial charge in [-0.25, -0.2) is 0 Å². The van der Waals surface area contributed by atoms with Gasteiger partial charge in [-0.3, -0.25) is 4.99 Å². The van der Waals surface area contributed by atoms with Crippen LogP contribution in [-0.2, 0) is 9.47 Å². The second-order valence-corrected chi connectivity index (χ2v) is 6.70. The Morgan fingerprint density at radius 3 is 2.80 bits per heavy atom. The smallest absolute Gasteiger partial charge is 0.184 e. The van der Waals surface area contributed by atoms with Crippen LogP contribution in [-0.4, -0.2) is 29.7 Å². The number of hydrogen-bond donors (Lipinski definition) is 1. The van der Waals surface area contributed by atoms with Gasteiger partial charge in [-0.2, -0.15) is 0 Å². The van der Waals surface area contributed by atoms with Crippen LogP contribution in [0.5, 0.6) is 0 Å². The van der Waals surface area contributed by atoms with Crippen LogP contribution < -0.4 is 5.32 Å². The Balaban J connectivity index is 1.72. The minimum Gasteiger partial charge on any atom is -0.346 e. The van der Waals surface area contributed by atoms with E-state index in [0.29, 0.717) is 24.5 Å². The monoisotopic (exact) mass is 292 g/mol. The maximum absolute atomic E-state index is 5.53. The topological polar surface area (TPSA) is 42.8 Å². The number of benzene rings is 1. The third-order valence-corrected chi connectivity index (χ3v) is 4.38. The Kier molecular flexibility index (Phi) is 4.29. The van der Waals surface area contributed by atoms with E-state index < -0.39 is 0 Å². The average molecular weight is 292 g/mol. The van der Waals surface area contributed by atoms with E-state index in [1.165, 1.54) is 0 Å². The molecule has 1 N–H and O–H groups in total. The molecule has 0 saturated carbocycles. The van der Waals surface area contributed by atoms with Crippen molar-refractivity contribution in [3.8, 4) is 0 Å². The van der Waals surface area contributed by atoms with E-state index in [-0.39, 0.29) is 6.29 Å². The first kappa shape index (κ1) is 13.9. The van der Waals surface area contributed by atoms with Crippen molar-refractivity contribution >= 4 is 22.6 Å². The number of hydrogen-bond acceptors (Lipinski definition) is 5. The van der Waals surface area contributed by atoms with Crippen molar-refractivity contribution in [2.75, 3.05) is 18.5 Å². The zero-order chi connectivity index (χ0) is 13.9. The fourth-order valence-corrected chi connectivity index (χ4v) is 3.67. The summed E-state index contributed by atoms with van der Waals surface area (Å²) < 4.78 is 11.1. The molecule has 1 aromatic carbocycles. The first-order chi connectivity index (χ1) is 9.70. The SMILES string of the molecule is CC1CC(C)SC(Nc2cccc(C3OCCO3)c2)=N1. The molecule has 1 saturated heterocycles. The van der Waals surface area contributed by atoms with Crippen LogP contribution in [0.1, 0.15) is 32.1 Å². The molecule has 2 aliphatic heterocycles. The standard InChI is InChI=1S/C15H20N2O2S/c1-10-8-11(2)20-15(16-10)17-13-5-3-4-12(9-13)14-18-6-7-19-14/h3-5,9-11,14H,6-8H2,1-2H3,(H,16,17). The number of rotatable bonds is 2. The molecular weight excluding hydrogens is 272 g/mol. The van der Waals surface area contributed by atoms with Gasteiger partial charge in [0.15, 0.2) is 11.5 Å². The molecule has 2 aliphatic rings. The predicted molar refractivity (Wildman–Crippen MR) is 83.3 cm³/mol. The van der Waals surface area contributed by atoms with Gasteiger partial charge in [0, 0.05) is 16.5 Å². The number of nitrogens with zero attached hydrogens (tertiary/aromatic N) is 1. The van der Waals surface area contributed by atoms with Crippen molar-refractivity contribution in [3.63, 3.8) is 0 Å². The van der Waals surface area contributed by atoms with Gasteiger partial charge in [-0.1, -0.05) is 30.8 Å². The lowest BCUT2D eigenvalue weighted by atomic mass is 10.2. The maximum atomic E-state index is 5.53. The van der Waals surface area contributed by atoms with Crippen molar-refractivity contribution in [1.29, 1.82) is 0 Å². The summed E-state index contributed by atoms with van der Waals surface area (Å²) in [5.41, 5.74) is 2.09. The van der Waals surface area contributed by atoms with Crippen LogP contribution in [0.2, 0.25) is 0 Å². The number of nitrogens with one attached hydrogen (secondary N) is 1. The van der Waals surface area contributed by atoms with Crippen molar-refractivity contribution in [2.45, 2.75) is 37.9 Å². The first-order valence-corrected chi connectivity index (χ1v) is 7.93. The van der Waals surface area contributed by atoms with Crippen LogP contribution in [0, 0.1) is 0 Å². The summed E-state index contributed by atoms with van der Waals surface area (Å²) in [6.45, 7) is 5.74. The van der Waals surface area contributed by atoms with E-state index in [1.54, 1.807) is 11.8 Å². The van der Waals surface area contributed by atoms with E-state index in [4.69, 9.17) is 9.47 Å². The fraction of sp³-hybridized carbons (Fsp3) is 0.533. The van der Waals surface area contributed by atoms with Crippen molar-refractivity contribution < 1.29 is 9.47 Å². The zero-order valence-corrected chi connectivity index (χ0v) is 12.7. The Morgan fingerprint density at radius 1 is 1.25 bits per heavy atom. The van der Waals surface area contributed by atoms with Gasteiger partial charge >= 0.3 is 0 Å². The minimum absolute atomic E-state index is 0.226. The third-order valence-electron chi connectivity index (χ3n) is 3.36. The molecule has 3 rings (SSSR count). The molecule has 1 fully saturated rings. The second-order valence-electron chi connectivity index (χ2n) is 5.27. The van der Waals surface area contributed by atoms with Crippen LogP contribution in [0.15, 0.2) is 29.3 Å². The maximum Gasteiger partial charge on any atom is 0.184 e. The number of thioether (sulfide) groups is 1. The van der Waals surface area contributed by atoms with Crippen LogP contribution in [0.25, 0.3) is 0 Å². The van der Waals surface area contributed by atoms with E-state index in [0.717, 1.165) is 22.8 Å². The molecule has 2 atom stereocenters.